The molecule has 0 fully saturated rings. The van der Waals surface area contributed by atoms with Crippen LogP contribution in [0.5, 0.6) is 5.75 Å². The molecule has 0 aliphatic carbocycles. The summed E-state index contributed by atoms with van der Waals surface area (Å²) in [5.74, 6) is 10.3. The Morgan fingerprint density at radius 1 is 1.53 bits per heavy atom. The molecule has 0 radical (unpaired) electrons. The quantitative estimate of drug-likeness (QED) is 0.327. The number of hydrogen-bond donors (Lipinski definition) is 3. The van der Waals surface area contributed by atoms with Crippen molar-refractivity contribution < 1.29 is 18.3 Å². The minimum atomic E-state index is -2.95. The minimum Gasteiger partial charge on any atom is -0.434 e. The number of halogens is 3. The molecule has 0 unspecified atom stereocenters. The first-order valence-corrected chi connectivity index (χ1v) is 5.34. The van der Waals surface area contributed by atoms with E-state index in [-0.39, 0.29) is 15.0 Å². The van der Waals surface area contributed by atoms with Crippen LogP contribution >= 0.6 is 22.6 Å². The Labute approximate surface area is 109 Å². The van der Waals surface area contributed by atoms with Gasteiger partial charge >= 0.3 is 12.6 Å². The molecule has 5 N–H and O–H groups in total. The molecule has 1 rings (SSSR count). The molecule has 0 aromatic heterocycles. The first kappa shape index (κ1) is 13.9. The van der Waals surface area contributed by atoms with Gasteiger partial charge in [-0.2, -0.15) is 8.78 Å². The molecule has 0 aliphatic rings. The van der Waals surface area contributed by atoms with Crippen LogP contribution in [0.15, 0.2) is 18.2 Å². The fourth-order valence-corrected chi connectivity index (χ4v) is 1.80. The smallest absolute Gasteiger partial charge is 0.387 e. The van der Waals surface area contributed by atoms with Crippen LogP contribution in [-0.4, -0.2) is 12.6 Å². The number of urea groups is 1. The highest BCUT2D eigenvalue weighted by atomic mass is 127. The lowest BCUT2D eigenvalue weighted by atomic mass is 10.3. The second kappa shape index (κ2) is 5.93. The summed E-state index contributed by atoms with van der Waals surface area (Å²) in [6, 6.07) is 3.46. The average molecular weight is 358 g/mol. The second-order valence-electron chi connectivity index (χ2n) is 2.79. The number of ether oxygens (including phenoxy) is 1. The van der Waals surface area contributed by atoms with Crippen LogP contribution in [0.3, 0.4) is 0 Å². The van der Waals surface area contributed by atoms with Gasteiger partial charge in [-0.1, -0.05) is 6.07 Å². The number of alkyl halides is 2. The van der Waals surface area contributed by atoms with E-state index < -0.39 is 12.6 Å². The third kappa shape index (κ3) is 3.38. The standard InChI is InChI=1S/C8H9F2IN4O2/c9-7(10)17-5-3-1-2-4(6(5)11)15(13)8(16)14-12/h1-3,7H,12-13H2,(H,14,16). The zero-order valence-electron chi connectivity index (χ0n) is 8.36. The summed E-state index contributed by atoms with van der Waals surface area (Å²) >= 11 is 1.74. The van der Waals surface area contributed by atoms with E-state index in [2.05, 4.69) is 4.74 Å². The predicted molar refractivity (Wildman–Crippen MR) is 65.2 cm³/mol. The van der Waals surface area contributed by atoms with Crippen molar-refractivity contribution in [2.24, 2.45) is 11.7 Å². The average Bonchev–Trinajstić information content (AvgIpc) is 2.29. The maximum absolute atomic E-state index is 12.1. The molecule has 17 heavy (non-hydrogen) atoms. The molecule has 0 saturated heterocycles. The highest BCUT2D eigenvalue weighted by molar-refractivity contribution is 14.1. The van der Waals surface area contributed by atoms with Crippen LogP contribution in [0, 0.1) is 3.57 Å². The van der Waals surface area contributed by atoms with Crippen LogP contribution in [0.25, 0.3) is 0 Å². The number of hydrogen-bond acceptors (Lipinski definition) is 4. The monoisotopic (exact) mass is 358 g/mol. The molecule has 0 heterocycles. The van der Waals surface area contributed by atoms with Crippen molar-refractivity contribution >= 4 is 34.3 Å². The molecule has 1 aromatic carbocycles. The molecule has 1 aromatic rings. The number of benzene rings is 1. The molecular weight excluding hydrogens is 349 g/mol. The zero-order valence-corrected chi connectivity index (χ0v) is 10.5. The van der Waals surface area contributed by atoms with Gasteiger partial charge in [0, 0.05) is 0 Å². The van der Waals surface area contributed by atoms with Crippen molar-refractivity contribution in [1.29, 1.82) is 0 Å². The molecule has 0 aliphatic heterocycles. The Morgan fingerprint density at radius 2 is 2.18 bits per heavy atom. The van der Waals surface area contributed by atoms with Gasteiger partial charge in [-0.15, -0.1) is 0 Å². The fraction of sp³-hybridized carbons (Fsp3) is 0.125. The van der Waals surface area contributed by atoms with Crippen molar-refractivity contribution in [1.82, 2.24) is 5.43 Å². The number of hydrazine groups is 2. The van der Waals surface area contributed by atoms with Gasteiger partial charge in [0.1, 0.15) is 5.75 Å². The van der Waals surface area contributed by atoms with Gasteiger partial charge in [-0.3, -0.25) is 5.43 Å². The summed E-state index contributed by atoms with van der Waals surface area (Å²) in [6.07, 6.45) is 0. The lowest BCUT2D eigenvalue weighted by Crippen LogP contribution is -2.48. The molecule has 2 amide bonds. The Hall–Kier alpha value is -1.20. The predicted octanol–water partition coefficient (Wildman–Crippen LogP) is 1.16. The largest absolute Gasteiger partial charge is 0.434 e. The van der Waals surface area contributed by atoms with E-state index in [0.717, 1.165) is 0 Å². The highest BCUT2D eigenvalue weighted by Crippen LogP contribution is 2.30. The van der Waals surface area contributed by atoms with Gasteiger partial charge in [-0.05, 0) is 34.7 Å². The summed E-state index contributed by atoms with van der Waals surface area (Å²) in [5, 5.41) is 0.695. The van der Waals surface area contributed by atoms with E-state index in [1.54, 1.807) is 22.6 Å². The first-order chi connectivity index (χ1) is 7.97. The normalized spacial score (nSPS) is 10.2. The van der Waals surface area contributed by atoms with E-state index in [0.29, 0.717) is 5.01 Å². The van der Waals surface area contributed by atoms with Gasteiger partial charge in [0.2, 0.25) is 0 Å². The zero-order chi connectivity index (χ0) is 13.0. The van der Waals surface area contributed by atoms with Crippen LogP contribution in [0.1, 0.15) is 0 Å². The van der Waals surface area contributed by atoms with Crippen molar-refractivity contribution in [3.63, 3.8) is 0 Å². The third-order valence-corrected chi connectivity index (χ3v) is 2.85. The van der Waals surface area contributed by atoms with Gasteiger partial charge < -0.3 is 4.74 Å². The summed E-state index contributed by atoms with van der Waals surface area (Å²) in [7, 11) is 0. The Morgan fingerprint density at radius 3 is 2.71 bits per heavy atom. The number of nitrogens with two attached hydrogens (primary N) is 2. The van der Waals surface area contributed by atoms with Gasteiger partial charge in [-0.25, -0.2) is 21.5 Å². The molecule has 94 valence electrons. The van der Waals surface area contributed by atoms with Gasteiger partial charge in [0.15, 0.2) is 0 Å². The molecule has 0 atom stereocenters. The number of nitrogens with zero attached hydrogens (tertiary/aromatic N) is 1. The van der Waals surface area contributed by atoms with E-state index in [1.807, 2.05) is 5.43 Å². The molecule has 0 saturated carbocycles. The van der Waals surface area contributed by atoms with E-state index >= 15 is 0 Å². The van der Waals surface area contributed by atoms with Crippen molar-refractivity contribution in [2.75, 3.05) is 5.01 Å². The number of carbonyl (C=O) groups excluding carboxylic acids is 1. The molecular formula is C8H9F2IN4O2. The molecule has 0 bridgehead atoms. The Kier molecular flexibility index (Phi) is 4.84. The summed E-state index contributed by atoms with van der Waals surface area (Å²) in [6.45, 7) is -2.95. The Balaban J connectivity index is 3.05. The van der Waals surface area contributed by atoms with Crippen LogP contribution in [-0.2, 0) is 0 Å². The maximum atomic E-state index is 12.1. The number of amides is 2. The van der Waals surface area contributed by atoms with E-state index in [9.17, 15) is 13.6 Å². The van der Waals surface area contributed by atoms with Crippen LogP contribution in [0.2, 0.25) is 0 Å². The third-order valence-electron chi connectivity index (χ3n) is 1.76. The van der Waals surface area contributed by atoms with Crippen LogP contribution in [0.4, 0.5) is 19.3 Å². The lowest BCUT2D eigenvalue weighted by Gasteiger charge is -2.18. The van der Waals surface area contributed by atoms with Crippen molar-refractivity contribution in [2.45, 2.75) is 6.61 Å². The number of nitrogens with one attached hydrogen (secondary N) is 1. The highest BCUT2D eigenvalue weighted by Gasteiger charge is 2.17. The van der Waals surface area contributed by atoms with E-state index in [4.69, 9.17) is 11.7 Å². The van der Waals surface area contributed by atoms with Crippen molar-refractivity contribution in [3.05, 3.63) is 21.8 Å². The van der Waals surface area contributed by atoms with Crippen molar-refractivity contribution in [3.8, 4) is 5.75 Å². The maximum Gasteiger partial charge on any atom is 0.387 e. The lowest BCUT2D eigenvalue weighted by molar-refractivity contribution is -0.0503. The molecule has 0 spiro atoms. The number of rotatable bonds is 3. The minimum absolute atomic E-state index is 0.0710. The second-order valence-corrected chi connectivity index (χ2v) is 3.87. The van der Waals surface area contributed by atoms with E-state index in [1.165, 1.54) is 18.2 Å². The fourth-order valence-electron chi connectivity index (χ4n) is 1.05. The van der Waals surface area contributed by atoms with Crippen LogP contribution < -0.4 is 26.9 Å². The van der Waals surface area contributed by atoms with Gasteiger partial charge in [0.25, 0.3) is 0 Å². The topological polar surface area (TPSA) is 93.6 Å². The SMILES string of the molecule is NNC(=O)N(N)c1cccc(OC(F)F)c1I. The first-order valence-electron chi connectivity index (χ1n) is 4.26. The number of anilines is 1. The Bertz CT molecular complexity index is 419. The molecule has 9 heteroatoms. The number of carbonyl (C=O) groups is 1. The summed E-state index contributed by atoms with van der Waals surface area (Å²) in [5.41, 5.74) is 2.02. The molecule has 6 nitrogen and oxygen atoms in total. The summed E-state index contributed by atoms with van der Waals surface area (Å²) < 4.78 is 28.7. The van der Waals surface area contributed by atoms with Gasteiger partial charge in [0.05, 0.1) is 9.26 Å². The summed E-state index contributed by atoms with van der Waals surface area (Å²) in [4.78, 5) is 11.2.